The zero-order valence-electron chi connectivity index (χ0n) is 10.2. The Morgan fingerprint density at radius 3 is 3.06 bits per heavy atom. The maximum absolute atomic E-state index is 12.5. The minimum absolute atomic E-state index is 0.0220. The Morgan fingerprint density at radius 2 is 2.33 bits per heavy atom. The molecule has 3 nitrogen and oxygen atoms in total. The molecular weight excluding hydrogens is 248 g/mol. The average Bonchev–Trinajstić information content (AvgIpc) is 2.97. The fraction of sp³-hybridized carbons (Fsp3) is 0.357. The number of Topliss-reactive ketones (excluding diaryl/α,β-unsaturated/α-hetero) is 1. The summed E-state index contributed by atoms with van der Waals surface area (Å²) in [5.74, 6) is 0.195. The van der Waals surface area contributed by atoms with E-state index < -0.39 is 0 Å². The van der Waals surface area contributed by atoms with Gasteiger partial charge in [0.2, 0.25) is 0 Å². The first-order chi connectivity index (χ1) is 8.66. The lowest BCUT2D eigenvalue weighted by Crippen LogP contribution is -2.30. The summed E-state index contributed by atoms with van der Waals surface area (Å²) >= 11 is 6.00. The molecule has 0 spiro atoms. The van der Waals surface area contributed by atoms with E-state index in [4.69, 9.17) is 11.6 Å². The monoisotopic (exact) mass is 262 g/mol. The van der Waals surface area contributed by atoms with E-state index in [-0.39, 0.29) is 11.8 Å². The molecule has 0 bridgehead atoms. The zero-order chi connectivity index (χ0) is 12.7. The summed E-state index contributed by atoms with van der Waals surface area (Å²) in [6.07, 6.45) is 3.92. The van der Waals surface area contributed by atoms with E-state index in [0.29, 0.717) is 5.02 Å². The van der Waals surface area contributed by atoms with Crippen molar-refractivity contribution in [3.63, 3.8) is 0 Å². The third-order valence-corrected chi connectivity index (χ3v) is 3.83. The number of nitrogens with zero attached hydrogens (tertiary/aromatic N) is 1. The number of nitrogens with one attached hydrogen (secondary N) is 1. The molecule has 1 fully saturated rings. The molecule has 0 radical (unpaired) electrons. The highest BCUT2D eigenvalue weighted by molar-refractivity contribution is 6.31. The summed E-state index contributed by atoms with van der Waals surface area (Å²) in [6, 6.07) is 5.64. The normalized spacial score (nSPS) is 19.6. The van der Waals surface area contributed by atoms with Crippen LogP contribution in [0.25, 0.3) is 10.9 Å². The van der Waals surface area contributed by atoms with Gasteiger partial charge >= 0.3 is 0 Å². The Hall–Kier alpha value is -1.32. The summed E-state index contributed by atoms with van der Waals surface area (Å²) in [4.78, 5) is 12.5. The third kappa shape index (κ3) is 1.84. The maximum Gasteiger partial charge on any atom is 0.181 e. The first-order valence-electron chi connectivity index (χ1n) is 6.19. The number of aryl methyl sites for hydroxylation is 1. The first-order valence-corrected chi connectivity index (χ1v) is 6.57. The Labute approximate surface area is 111 Å². The predicted octanol–water partition coefficient (Wildman–Crippen LogP) is 2.77. The molecule has 1 aliphatic heterocycles. The largest absolute Gasteiger partial charge is 0.350 e. The molecule has 2 aromatic rings. The van der Waals surface area contributed by atoms with Crippen molar-refractivity contribution in [1.82, 2.24) is 9.88 Å². The molecule has 1 atom stereocenters. The minimum Gasteiger partial charge on any atom is -0.350 e. The van der Waals surface area contributed by atoms with Gasteiger partial charge in [0.15, 0.2) is 5.78 Å². The van der Waals surface area contributed by atoms with Gasteiger partial charge in [-0.25, -0.2) is 0 Å². The van der Waals surface area contributed by atoms with Gasteiger partial charge in [0.25, 0.3) is 0 Å². The van der Waals surface area contributed by atoms with Crippen LogP contribution >= 0.6 is 11.6 Å². The van der Waals surface area contributed by atoms with Crippen molar-refractivity contribution >= 4 is 28.3 Å². The number of ketones is 1. The van der Waals surface area contributed by atoms with Gasteiger partial charge in [0.05, 0.1) is 6.04 Å². The maximum atomic E-state index is 12.5. The SMILES string of the molecule is Cn1cc(C(=O)C2CCCN2)c2ccc(Cl)cc21. The smallest absolute Gasteiger partial charge is 0.181 e. The van der Waals surface area contributed by atoms with Gasteiger partial charge in [-0.3, -0.25) is 4.79 Å². The fourth-order valence-electron chi connectivity index (χ4n) is 2.65. The molecule has 1 saturated heterocycles. The van der Waals surface area contributed by atoms with Crippen molar-refractivity contribution in [3.8, 4) is 0 Å². The molecule has 94 valence electrons. The summed E-state index contributed by atoms with van der Waals surface area (Å²) in [7, 11) is 1.94. The van der Waals surface area contributed by atoms with Gasteiger partial charge in [-0.2, -0.15) is 0 Å². The van der Waals surface area contributed by atoms with Crippen LogP contribution in [0.4, 0.5) is 0 Å². The van der Waals surface area contributed by atoms with Gasteiger partial charge in [-0.05, 0) is 31.5 Å². The number of fused-ring (bicyclic) bond motifs is 1. The van der Waals surface area contributed by atoms with Crippen LogP contribution in [-0.2, 0) is 7.05 Å². The van der Waals surface area contributed by atoms with Crippen LogP contribution in [0, 0.1) is 0 Å². The van der Waals surface area contributed by atoms with Crippen molar-refractivity contribution < 1.29 is 4.79 Å². The van der Waals surface area contributed by atoms with Gasteiger partial charge in [-0.1, -0.05) is 17.7 Å². The predicted molar refractivity (Wildman–Crippen MR) is 73.3 cm³/mol. The van der Waals surface area contributed by atoms with Crippen molar-refractivity contribution in [3.05, 3.63) is 35.0 Å². The lowest BCUT2D eigenvalue weighted by Gasteiger charge is -2.07. The number of halogens is 1. The Morgan fingerprint density at radius 1 is 1.50 bits per heavy atom. The molecule has 1 unspecified atom stereocenters. The van der Waals surface area contributed by atoms with E-state index in [1.54, 1.807) is 0 Å². The van der Waals surface area contributed by atoms with Crippen molar-refractivity contribution in [2.75, 3.05) is 6.54 Å². The first kappa shape index (κ1) is 11.8. The second-order valence-corrected chi connectivity index (χ2v) is 5.26. The Bertz CT molecular complexity index is 612. The van der Waals surface area contributed by atoms with Crippen molar-refractivity contribution in [1.29, 1.82) is 0 Å². The summed E-state index contributed by atoms with van der Waals surface area (Å²) < 4.78 is 1.96. The number of hydrogen-bond donors (Lipinski definition) is 1. The zero-order valence-corrected chi connectivity index (χ0v) is 11.0. The second kappa shape index (κ2) is 4.41. The number of aromatic nitrogens is 1. The molecule has 18 heavy (non-hydrogen) atoms. The minimum atomic E-state index is -0.0220. The molecule has 1 aliphatic rings. The summed E-state index contributed by atoms with van der Waals surface area (Å²) in [6.45, 7) is 0.938. The van der Waals surface area contributed by atoms with Crippen LogP contribution in [-0.4, -0.2) is 22.9 Å². The number of rotatable bonds is 2. The molecule has 1 N–H and O–H groups in total. The molecule has 0 aliphatic carbocycles. The quantitative estimate of drug-likeness (QED) is 0.845. The molecular formula is C14H15ClN2O. The lowest BCUT2D eigenvalue weighted by molar-refractivity contribution is 0.0954. The van der Waals surface area contributed by atoms with Crippen LogP contribution in [0.5, 0.6) is 0 Å². The lowest BCUT2D eigenvalue weighted by atomic mass is 10.0. The van der Waals surface area contributed by atoms with Crippen LogP contribution < -0.4 is 5.32 Å². The summed E-state index contributed by atoms with van der Waals surface area (Å²) in [5, 5.41) is 4.94. The highest BCUT2D eigenvalue weighted by Crippen LogP contribution is 2.26. The summed E-state index contributed by atoms with van der Waals surface area (Å²) in [5.41, 5.74) is 1.80. The van der Waals surface area contributed by atoms with Crippen LogP contribution in [0.2, 0.25) is 5.02 Å². The second-order valence-electron chi connectivity index (χ2n) is 4.83. The van der Waals surface area contributed by atoms with E-state index in [0.717, 1.165) is 35.9 Å². The number of carbonyl (C=O) groups is 1. The van der Waals surface area contributed by atoms with Gasteiger partial charge < -0.3 is 9.88 Å². The van der Waals surface area contributed by atoms with E-state index in [1.165, 1.54) is 0 Å². The van der Waals surface area contributed by atoms with E-state index in [2.05, 4.69) is 5.32 Å². The molecule has 2 heterocycles. The Kier molecular flexibility index (Phi) is 2.88. The highest BCUT2D eigenvalue weighted by Gasteiger charge is 2.25. The molecule has 1 aromatic heterocycles. The van der Waals surface area contributed by atoms with Crippen LogP contribution in [0.1, 0.15) is 23.2 Å². The molecule has 1 aromatic carbocycles. The van der Waals surface area contributed by atoms with Gasteiger partial charge in [0, 0.05) is 34.7 Å². The highest BCUT2D eigenvalue weighted by atomic mass is 35.5. The fourth-order valence-corrected chi connectivity index (χ4v) is 2.82. The molecule has 0 amide bonds. The number of carbonyl (C=O) groups excluding carboxylic acids is 1. The molecule has 3 rings (SSSR count). The number of benzene rings is 1. The van der Waals surface area contributed by atoms with Crippen LogP contribution in [0.15, 0.2) is 24.4 Å². The van der Waals surface area contributed by atoms with E-state index >= 15 is 0 Å². The van der Waals surface area contributed by atoms with Gasteiger partial charge in [-0.15, -0.1) is 0 Å². The Balaban J connectivity index is 2.09. The van der Waals surface area contributed by atoms with Gasteiger partial charge in [0.1, 0.15) is 0 Å². The molecule has 4 heteroatoms. The van der Waals surface area contributed by atoms with E-state index in [1.807, 2.05) is 36.0 Å². The van der Waals surface area contributed by atoms with Crippen LogP contribution in [0.3, 0.4) is 0 Å². The average molecular weight is 263 g/mol. The van der Waals surface area contributed by atoms with E-state index in [9.17, 15) is 4.79 Å². The molecule has 0 saturated carbocycles. The topological polar surface area (TPSA) is 34.0 Å². The number of hydrogen-bond acceptors (Lipinski definition) is 2. The van der Waals surface area contributed by atoms with Crippen molar-refractivity contribution in [2.45, 2.75) is 18.9 Å². The van der Waals surface area contributed by atoms with Crippen molar-refractivity contribution in [2.24, 2.45) is 7.05 Å². The third-order valence-electron chi connectivity index (χ3n) is 3.59. The standard InChI is InChI=1S/C14H15ClN2O/c1-17-8-11(14(18)12-3-2-6-16-12)10-5-4-9(15)7-13(10)17/h4-5,7-8,12,16H,2-3,6H2,1H3.